The molecule has 132 valence electrons. The molecule has 0 N–H and O–H groups in total. The first-order valence-electron chi connectivity index (χ1n) is 7.91. The van der Waals surface area contributed by atoms with Gasteiger partial charge in [0.05, 0.1) is 6.54 Å². The van der Waals surface area contributed by atoms with Crippen LogP contribution in [0.25, 0.3) is 11.0 Å². The third-order valence-electron chi connectivity index (χ3n) is 4.69. The lowest BCUT2D eigenvalue weighted by molar-refractivity contribution is -0.156. The number of carbonyl (C=O) groups excluding carboxylic acids is 2. The minimum atomic E-state index is -3.87. The van der Waals surface area contributed by atoms with E-state index in [9.17, 15) is 18.0 Å². The quantitative estimate of drug-likeness (QED) is 0.755. The fraction of sp³-hybridized carbons (Fsp3) is 0.375. The highest BCUT2D eigenvalue weighted by Crippen LogP contribution is 2.27. The van der Waals surface area contributed by atoms with Gasteiger partial charge >= 0.3 is 0 Å². The number of para-hydroxylation sites is 1. The molecule has 2 saturated heterocycles. The Hall–Kier alpha value is -2.39. The number of hydrogen-bond donors (Lipinski definition) is 0. The first kappa shape index (κ1) is 16.1. The van der Waals surface area contributed by atoms with E-state index in [0.29, 0.717) is 11.0 Å². The van der Waals surface area contributed by atoms with E-state index in [0.717, 1.165) is 0 Å². The summed E-state index contributed by atoms with van der Waals surface area (Å²) >= 11 is 0. The maximum atomic E-state index is 12.9. The summed E-state index contributed by atoms with van der Waals surface area (Å²) in [5.74, 6) is -0.406. The Morgan fingerprint density at radius 2 is 1.92 bits per heavy atom. The number of sulfonamides is 1. The highest BCUT2D eigenvalue weighted by atomic mass is 32.2. The van der Waals surface area contributed by atoms with E-state index in [-0.39, 0.29) is 43.1 Å². The molecule has 9 heteroatoms. The summed E-state index contributed by atoms with van der Waals surface area (Å²) in [7, 11) is -2.33. The summed E-state index contributed by atoms with van der Waals surface area (Å²) in [5.41, 5.74) is 0.489. The van der Waals surface area contributed by atoms with Crippen molar-refractivity contribution in [3.05, 3.63) is 30.3 Å². The lowest BCUT2D eigenvalue weighted by Gasteiger charge is -2.44. The van der Waals surface area contributed by atoms with Gasteiger partial charge in [0, 0.05) is 38.1 Å². The van der Waals surface area contributed by atoms with Crippen LogP contribution in [0.4, 0.5) is 0 Å². The van der Waals surface area contributed by atoms with E-state index in [2.05, 4.69) is 0 Å². The van der Waals surface area contributed by atoms with E-state index < -0.39 is 16.1 Å². The molecule has 0 radical (unpaired) electrons. The van der Waals surface area contributed by atoms with Gasteiger partial charge in [-0.2, -0.15) is 4.31 Å². The van der Waals surface area contributed by atoms with Crippen LogP contribution in [0.2, 0.25) is 0 Å². The molecule has 1 aromatic carbocycles. The van der Waals surface area contributed by atoms with Crippen LogP contribution in [-0.2, 0) is 19.6 Å². The zero-order valence-corrected chi connectivity index (χ0v) is 14.4. The first-order chi connectivity index (χ1) is 11.9. The molecule has 4 rings (SSSR count). The molecule has 0 bridgehead atoms. The van der Waals surface area contributed by atoms with Gasteiger partial charge in [0.15, 0.2) is 0 Å². The minimum absolute atomic E-state index is 0.0334. The third-order valence-corrected chi connectivity index (χ3v) is 6.42. The second-order valence-electron chi connectivity index (χ2n) is 6.26. The van der Waals surface area contributed by atoms with Crippen molar-refractivity contribution in [2.24, 2.45) is 0 Å². The summed E-state index contributed by atoms with van der Waals surface area (Å²) < 4.78 is 32.5. The predicted molar refractivity (Wildman–Crippen MR) is 88.1 cm³/mol. The Morgan fingerprint density at radius 3 is 2.68 bits per heavy atom. The van der Waals surface area contributed by atoms with E-state index in [1.54, 1.807) is 31.3 Å². The average molecular weight is 363 g/mol. The third kappa shape index (κ3) is 2.50. The molecule has 1 atom stereocenters. The Kier molecular flexibility index (Phi) is 3.58. The molecule has 0 aliphatic carbocycles. The molecule has 8 nitrogen and oxygen atoms in total. The molecule has 0 saturated carbocycles. The topological polar surface area (TPSA) is 91.1 Å². The SMILES string of the molecule is CN1CC(=O)N2CCN(S(=O)(=O)c3cc4ccccc4o3)CC2C1=O. The van der Waals surface area contributed by atoms with Gasteiger partial charge in [-0.15, -0.1) is 0 Å². The summed E-state index contributed by atoms with van der Waals surface area (Å²) in [6.45, 7) is 0.307. The van der Waals surface area contributed by atoms with Gasteiger partial charge in [-0.3, -0.25) is 9.59 Å². The minimum Gasteiger partial charge on any atom is -0.443 e. The van der Waals surface area contributed by atoms with Crippen molar-refractivity contribution in [1.82, 2.24) is 14.1 Å². The molecular weight excluding hydrogens is 346 g/mol. The largest absolute Gasteiger partial charge is 0.443 e. The highest BCUT2D eigenvalue weighted by molar-refractivity contribution is 7.89. The van der Waals surface area contributed by atoms with Crippen LogP contribution in [0.5, 0.6) is 0 Å². The van der Waals surface area contributed by atoms with Gasteiger partial charge in [0.2, 0.25) is 16.9 Å². The summed E-state index contributed by atoms with van der Waals surface area (Å²) in [5, 5.41) is 0.549. The van der Waals surface area contributed by atoms with Crippen molar-refractivity contribution in [2.45, 2.75) is 11.1 Å². The Labute approximate surface area is 144 Å². The number of fused-ring (bicyclic) bond motifs is 2. The number of hydrogen-bond acceptors (Lipinski definition) is 5. The van der Waals surface area contributed by atoms with Crippen LogP contribution in [0.1, 0.15) is 0 Å². The molecule has 3 heterocycles. The maximum absolute atomic E-state index is 12.9. The molecule has 2 aliphatic heterocycles. The standard InChI is InChI=1S/C16H17N3O5S/c1-17-10-14(20)19-7-6-18(9-12(19)16(17)21)25(22,23)15-8-11-4-2-3-5-13(11)24-15/h2-5,8,12H,6-7,9-10H2,1H3. The van der Waals surface area contributed by atoms with E-state index in [1.807, 2.05) is 0 Å². The van der Waals surface area contributed by atoms with Crippen molar-refractivity contribution >= 4 is 32.8 Å². The van der Waals surface area contributed by atoms with Crippen molar-refractivity contribution in [3.63, 3.8) is 0 Å². The molecular formula is C16H17N3O5S. The fourth-order valence-electron chi connectivity index (χ4n) is 3.32. The van der Waals surface area contributed by atoms with Crippen LogP contribution in [0.15, 0.2) is 39.8 Å². The summed E-state index contributed by atoms with van der Waals surface area (Å²) in [6, 6.07) is 7.74. The number of nitrogens with zero attached hydrogens (tertiary/aromatic N) is 3. The number of rotatable bonds is 2. The van der Waals surface area contributed by atoms with E-state index in [4.69, 9.17) is 4.42 Å². The smallest absolute Gasteiger partial charge is 0.276 e. The van der Waals surface area contributed by atoms with Gasteiger partial charge in [-0.1, -0.05) is 18.2 Å². The van der Waals surface area contributed by atoms with Crippen LogP contribution < -0.4 is 0 Å². The molecule has 25 heavy (non-hydrogen) atoms. The van der Waals surface area contributed by atoms with Gasteiger partial charge in [0.25, 0.3) is 10.0 Å². The summed E-state index contributed by atoms with van der Waals surface area (Å²) in [6.07, 6.45) is 0. The number of furan rings is 1. The van der Waals surface area contributed by atoms with Gasteiger partial charge in [-0.25, -0.2) is 8.42 Å². The number of piperazine rings is 2. The second kappa shape index (κ2) is 5.57. The highest BCUT2D eigenvalue weighted by Gasteiger charge is 2.44. The molecule has 2 amide bonds. The molecule has 2 fully saturated rings. The van der Waals surface area contributed by atoms with Gasteiger partial charge in [-0.05, 0) is 6.07 Å². The number of amides is 2. The van der Waals surface area contributed by atoms with Crippen molar-refractivity contribution in [2.75, 3.05) is 33.2 Å². The molecule has 2 aliphatic rings. The Bertz CT molecular complexity index is 934. The maximum Gasteiger partial charge on any atom is 0.276 e. The summed E-state index contributed by atoms with van der Waals surface area (Å²) in [4.78, 5) is 27.2. The lowest BCUT2D eigenvalue weighted by atomic mass is 10.1. The zero-order chi connectivity index (χ0) is 17.8. The normalized spacial score (nSPS) is 22.5. The number of benzene rings is 1. The first-order valence-corrected chi connectivity index (χ1v) is 9.35. The zero-order valence-electron chi connectivity index (χ0n) is 13.6. The van der Waals surface area contributed by atoms with Crippen LogP contribution in [0.3, 0.4) is 0 Å². The lowest BCUT2D eigenvalue weighted by Crippen LogP contribution is -2.66. The number of likely N-dealkylation sites (N-methyl/N-ethyl adjacent to an activating group) is 1. The van der Waals surface area contributed by atoms with Crippen molar-refractivity contribution < 1.29 is 22.4 Å². The van der Waals surface area contributed by atoms with E-state index >= 15 is 0 Å². The van der Waals surface area contributed by atoms with Crippen LogP contribution in [-0.4, -0.2) is 73.6 Å². The van der Waals surface area contributed by atoms with Crippen LogP contribution >= 0.6 is 0 Å². The Balaban J connectivity index is 1.65. The number of carbonyl (C=O) groups is 2. The van der Waals surface area contributed by atoms with E-state index in [1.165, 1.54) is 20.2 Å². The second-order valence-corrected chi connectivity index (χ2v) is 8.13. The Morgan fingerprint density at radius 1 is 1.16 bits per heavy atom. The fourth-order valence-corrected chi connectivity index (χ4v) is 4.71. The molecule has 1 unspecified atom stereocenters. The van der Waals surface area contributed by atoms with Gasteiger partial charge in [0.1, 0.15) is 11.6 Å². The molecule has 2 aromatic rings. The molecule has 1 aromatic heterocycles. The van der Waals surface area contributed by atoms with Crippen molar-refractivity contribution in [1.29, 1.82) is 0 Å². The molecule has 0 spiro atoms. The van der Waals surface area contributed by atoms with Crippen molar-refractivity contribution in [3.8, 4) is 0 Å². The predicted octanol–water partition coefficient (Wildman–Crippen LogP) is 0.106. The average Bonchev–Trinajstić information content (AvgIpc) is 3.04. The monoisotopic (exact) mass is 363 g/mol. The van der Waals surface area contributed by atoms with Gasteiger partial charge < -0.3 is 14.2 Å². The van der Waals surface area contributed by atoms with Crippen LogP contribution in [0, 0.1) is 0 Å².